The molecule has 3 rings (SSSR count). The van der Waals surface area contributed by atoms with Gasteiger partial charge in [0.05, 0.1) is 0 Å². The number of hydrogen-bond acceptors (Lipinski definition) is 4. The molecule has 0 radical (unpaired) electrons. The zero-order valence-corrected chi connectivity index (χ0v) is 19.3. The molecule has 5 nitrogen and oxygen atoms in total. The van der Waals surface area contributed by atoms with Crippen LogP contribution in [0.3, 0.4) is 0 Å². The Morgan fingerprint density at radius 2 is 1.80 bits per heavy atom. The number of hydrogen-bond donors (Lipinski definition) is 1. The topological polar surface area (TPSA) is 46.1 Å². The maximum absolute atomic E-state index is 6.00. The summed E-state index contributed by atoms with van der Waals surface area (Å²) in [6, 6.07) is 14.6. The van der Waals surface area contributed by atoms with Crippen molar-refractivity contribution in [3.05, 3.63) is 63.9 Å². The van der Waals surface area contributed by atoms with Gasteiger partial charge in [-0.1, -0.05) is 55.8 Å². The van der Waals surface area contributed by atoms with E-state index in [1.807, 2.05) is 6.07 Å². The van der Waals surface area contributed by atoms with Crippen molar-refractivity contribution in [1.82, 2.24) is 19.7 Å². The zero-order chi connectivity index (χ0) is 21.5. The highest BCUT2D eigenvalue weighted by atomic mass is 32.1. The largest absolute Gasteiger partial charge is 0.489 e. The molecule has 0 saturated carbocycles. The molecular formula is C24H32N4OS. The van der Waals surface area contributed by atoms with E-state index in [1.165, 1.54) is 5.56 Å². The van der Waals surface area contributed by atoms with Crippen LogP contribution in [0, 0.1) is 18.6 Å². The van der Waals surface area contributed by atoms with Crippen LogP contribution in [0.25, 0.3) is 11.4 Å². The van der Waals surface area contributed by atoms with Crippen LogP contribution in [0.4, 0.5) is 0 Å². The van der Waals surface area contributed by atoms with E-state index in [2.05, 4.69) is 83.8 Å². The van der Waals surface area contributed by atoms with Crippen LogP contribution in [-0.4, -0.2) is 39.3 Å². The molecule has 0 unspecified atom stereocenters. The van der Waals surface area contributed by atoms with Crippen molar-refractivity contribution in [2.75, 3.05) is 19.6 Å². The van der Waals surface area contributed by atoms with Crippen molar-refractivity contribution in [1.29, 1.82) is 0 Å². The van der Waals surface area contributed by atoms with Gasteiger partial charge in [-0.2, -0.15) is 5.10 Å². The Balaban J connectivity index is 1.65. The smallest absolute Gasteiger partial charge is 0.195 e. The third-order valence-electron chi connectivity index (χ3n) is 5.45. The van der Waals surface area contributed by atoms with Crippen molar-refractivity contribution in [2.45, 2.75) is 47.3 Å². The first-order valence-corrected chi connectivity index (χ1v) is 11.1. The third kappa shape index (κ3) is 5.58. The lowest BCUT2D eigenvalue weighted by molar-refractivity contribution is 0.293. The molecule has 0 amide bonds. The molecule has 0 spiro atoms. The van der Waals surface area contributed by atoms with E-state index in [4.69, 9.17) is 17.0 Å². The van der Waals surface area contributed by atoms with Gasteiger partial charge in [-0.15, -0.1) is 0 Å². The summed E-state index contributed by atoms with van der Waals surface area (Å²) in [5.74, 6) is 1.82. The first kappa shape index (κ1) is 22.2. The summed E-state index contributed by atoms with van der Waals surface area (Å²) in [7, 11) is 0. The van der Waals surface area contributed by atoms with Crippen molar-refractivity contribution >= 4 is 12.2 Å². The Hall–Kier alpha value is -2.44. The van der Waals surface area contributed by atoms with E-state index < -0.39 is 0 Å². The predicted molar refractivity (Wildman–Crippen MR) is 126 cm³/mol. The molecule has 0 aliphatic heterocycles. The lowest BCUT2D eigenvalue weighted by Crippen LogP contribution is -2.24. The average molecular weight is 425 g/mol. The van der Waals surface area contributed by atoms with Gasteiger partial charge in [0, 0.05) is 12.1 Å². The molecule has 0 aliphatic carbocycles. The van der Waals surface area contributed by atoms with Gasteiger partial charge >= 0.3 is 0 Å². The van der Waals surface area contributed by atoms with Gasteiger partial charge in [0.2, 0.25) is 0 Å². The molecular weight excluding hydrogens is 392 g/mol. The van der Waals surface area contributed by atoms with Gasteiger partial charge in [0.1, 0.15) is 12.4 Å². The van der Waals surface area contributed by atoms with Crippen LogP contribution in [-0.2, 0) is 13.2 Å². The summed E-state index contributed by atoms with van der Waals surface area (Å²) in [6.07, 6.45) is 1.05. The second-order valence-corrected chi connectivity index (χ2v) is 8.03. The monoisotopic (exact) mass is 424 g/mol. The molecule has 1 aromatic heterocycles. The molecule has 0 bridgehead atoms. The molecule has 1 N–H and O–H groups in total. The summed E-state index contributed by atoms with van der Waals surface area (Å²) in [6.45, 7) is 13.2. The van der Waals surface area contributed by atoms with Gasteiger partial charge in [-0.25, -0.2) is 0 Å². The molecule has 0 atom stereocenters. The summed E-state index contributed by atoms with van der Waals surface area (Å²) in [4.78, 5) is 2.42. The summed E-state index contributed by atoms with van der Waals surface area (Å²) in [5.41, 5.74) is 4.59. The number of nitrogens with zero attached hydrogens (tertiary/aromatic N) is 3. The number of aryl methyl sites for hydroxylation is 2. The molecule has 30 heavy (non-hydrogen) atoms. The number of benzene rings is 2. The quantitative estimate of drug-likeness (QED) is 0.434. The number of H-pyrrole nitrogens is 1. The fourth-order valence-corrected chi connectivity index (χ4v) is 3.83. The summed E-state index contributed by atoms with van der Waals surface area (Å²) in [5, 5.41) is 7.42. The average Bonchev–Trinajstić information content (AvgIpc) is 3.11. The minimum atomic E-state index is 0.543. The standard InChI is InChI=1S/C24H32N4OS/c1-5-27(6-2)14-7-15-28-23(25-26-24(28)30)21-11-9-20(10-12-21)17-29-22-13-8-18(3)16-19(22)4/h8-13,16H,5-7,14-15,17H2,1-4H3,(H,26,30). The van der Waals surface area contributed by atoms with E-state index >= 15 is 0 Å². The number of rotatable bonds is 10. The predicted octanol–water partition coefficient (Wildman–Crippen LogP) is 5.54. The fraction of sp³-hybridized carbons (Fsp3) is 0.417. The Bertz CT molecular complexity index is 1000. The number of nitrogens with one attached hydrogen (secondary N) is 1. The second-order valence-electron chi connectivity index (χ2n) is 7.64. The molecule has 0 aliphatic rings. The Kier molecular flexibility index (Phi) is 7.82. The van der Waals surface area contributed by atoms with Crippen molar-refractivity contribution < 1.29 is 4.74 Å². The highest BCUT2D eigenvalue weighted by Gasteiger charge is 2.10. The van der Waals surface area contributed by atoms with Crippen LogP contribution in [0.15, 0.2) is 42.5 Å². The minimum absolute atomic E-state index is 0.543. The molecule has 0 fully saturated rings. The summed E-state index contributed by atoms with van der Waals surface area (Å²) < 4.78 is 8.77. The van der Waals surface area contributed by atoms with Crippen LogP contribution >= 0.6 is 12.2 Å². The third-order valence-corrected chi connectivity index (χ3v) is 5.76. The first-order valence-electron chi connectivity index (χ1n) is 10.7. The SMILES string of the molecule is CCN(CC)CCCn1c(-c2ccc(COc3ccc(C)cc3C)cc2)n[nH]c1=S. The van der Waals surface area contributed by atoms with Crippen molar-refractivity contribution in [3.8, 4) is 17.1 Å². The van der Waals surface area contributed by atoms with Crippen molar-refractivity contribution in [2.24, 2.45) is 0 Å². The molecule has 3 aromatic rings. The van der Waals surface area contributed by atoms with Gasteiger partial charge in [0.25, 0.3) is 0 Å². The molecule has 0 saturated heterocycles. The van der Waals surface area contributed by atoms with Gasteiger partial charge < -0.3 is 14.2 Å². The lowest BCUT2D eigenvalue weighted by atomic mass is 10.1. The Morgan fingerprint density at radius 3 is 2.47 bits per heavy atom. The van der Waals surface area contributed by atoms with Gasteiger partial charge in [-0.3, -0.25) is 5.10 Å². The van der Waals surface area contributed by atoms with E-state index in [9.17, 15) is 0 Å². The molecule has 2 aromatic carbocycles. The van der Waals surface area contributed by atoms with E-state index in [0.717, 1.165) is 60.9 Å². The second kappa shape index (κ2) is 10.5. The summed E-state index contributed by atoms with van der Waals surface area (Å²) >= 11 is 5.46. The minimum Gasteiger partial charge on any atom is -0.489 e. The Labute approximate surface area is 184 Å². The molecule has 160 valence electrons. The maximum atomic E-state index is 6.00. The Morgan fingerprint density at radius 1 is 1.07 bits per heavy atom. The highest BCUT2D eigenvalue weighted by Crippen LogP contribution is 2.22. The van der Waals surface area contributed by atoms with E-state index in [0.29, 0.717) is 11.4 Å². The van der Waals surface area contributed by atoms with Crippen LogP contribution in [0.1, 0.15) is 37.0 Å². The van der Waals surface area contributed by atoms with Gasteiger partial charge in [0.15, 0.2) is 10.6 Å². The fourth-order valence-electron chi connectivity index (χ4n) is 3.61. The highest BCUT2D eigenvalue weighted by molar-refractivity contribution is 7.71. The lowest BCUT2D eigenvalue weighted by Gasteiger charge is -2.18. The number of ether oxygens (including phenoxy) is 1. The number of aromatic amines is 1. The normalized spacial score (nSPS) is 11.2. The maximum Gasteiger partial charge on any atom is 0.195 e. The molecule has 6 heteroatoms. The first-order chi connectivity index (χ1) is 14.5. The van der Waals surface area contributed by atoms with Crippen molar-refractivity contribution in [3.63, 3.8) is 0 Å². The van der Waals surface area contributed by atoms with E-state index in [-0.39, 0.29) is 0 Å². The van der Waals surface area contributed by atoms with Crippen LogP contribution in [0.2, 0.25) is 0 Å². The number of aromatic nitrogens is 3. The van der Waals surface area contributed by atoms with Crippen LogP contribution in [0.5, 0.6) is 5.75 Å². The zero-order valence-electron chi connectivity index (χ0n) is 18.4. The van der Waals surface area contributed by atoms with Crippen LogP contribution < -0.4 is 4.74 Å². The molecule has 1 heterocycles. The van der Waals surface area contributed by atoms with E-state index in [1.54, 1.807) is 0 Å². The van der Waals surface area contributed by atoms with Gasteiger partial charge in [-0.05, 0) is 69.3 Å².